The van der Waals surface area contributed by atoms with E-state index in [1.54, 1.807) is 19.6 Å². The van der Waals surface area contributed by atoms with Crippen molar-refractivity contribution < 1.29 is 4.74 Å². The van der Waals surface area contributed by atoms with Gasteiger partial charge in [0.1, 0.15) is 28.7 Å². The molecule has 8 nitrogen and oxygen atoms in total. The first-order valence-electron chi connectivity index (χ1n) is 11.0. The number of hydrogen-bond acceptors (Lipinski definition) is 7. The van der Waals surface area contributed by atoms with E-state index in [0.29, 0.717) is 23.4 Å². The minimum atomic E-state index is 0.411. The van der Waals surface area contributed by atoms with E-state index in [2.05, 4.69) is 10.3 Å². The topological polar surface area (TPSA) is 80.5 Å². The average Bonchev–Trinajstić information content (AvgIpc) is 3.19. The Morgan fingerprint density at radius 3 is 2.63 bits per heavy atom. The summed E-state index contributed by atoms with van der Waals surface area (Å²) in [7, 11) is 5.57. The largest absolute Gasteiger partial charge is 0.494 e. The first kappa shape index (κ1) is 22.6. The molecule has 0 spiro atoms. The van der Waals surface area contributed by atoms with Crippen molar-refractivity contribution in [3.05, 3.63) is 89.1 Å². The number of imidazole rings is 1. The molecule has 2 aromatic carbocycles. The maximum atomic E-state index is 5.99. The van der Waals surface area contributed by atoms with Crippen LogP contribution in [-0.4, -0.2) is 53.0 Å². The zero-order valence-corrected chi connectivity index (χ0v) is 20.4. The Balaban J connectivity index is 1.57. The van der Waals surface area contributed by atoms with E-state index in [4.69, 9.17) is 31.3 Å². The van der Waals surface area contributed by atoms with Gasteiger partial charge in [0, 0.05) is 43.2 Å². The van der Waals surface area contributed by atoms with Crippen LogP contribution in [0, 0.1) is 0 Å². The van der Waals surface area contributed by atoms with Gasteiger partial charge in [0.2, 0.25) is 5.95 Å². The number of methoxy groups -OCH3 is 1. The van der Waals surface area contributed by atoms with Crippen LogP contribution in [0.1, 0.15) is 16.8 Å². The van der Waals surface area contributed by atoms with Crippen molar-refractivity contribution in [3.63, 3.8) is 0 Å². The molecule has 4 aromatic rings. The number of benzene rings is 2. The zero-order chi connectivity index (χ0) is 24.4. The van der Waals surface area contributed by atoms with Crippen LogP contribution in [0.25, 0.3) is 11.8 Å². The summed E-state index contributed by atoms with van der Waals surface area (Å²) in [4.78, 5) is 20.6. The van der Waals surface area contributed by atoms with E-state index in [-0.39, 0.29) is 0 Å². The van der Waals surface area contributed by atoms with E-state index in [0.717, 1.165) is 39.7 Å². The number of rotatable bonds is 6. The Morgan fingerprint density at radius 2 is 1.91 bits per heavy atom. The normalized spacial score (nSPS) is 12.5. The molecule has 0 unspecified atom stereocenters. The van der Waals surface area contributed by atoms with Crippen molar-refractivity contribution in [2.75, 3.05) is 38.0 Å². The highest BCUT2D eigenvalue weighted by molar-refractivity contribution is 6.29. The van der Waals surface area contributed by atoms with Gasteiger partial charge in [0.05, 0.1) is 25.1 Å². The van der Waals surface area contributed by atoms with Crippen LogP contribution in [0.5, 0.6) is 5.75 Å². The van der Waals surface area contributed by atoms with Crippen LogP contribution in [0.15, 0.2) is 72.1 Å². The standard InChI is InChI=1S/C26H24ClN7O/c1-33(2)25-19-10-7-13-28-23(17-8-5-4-6-9-17)24(19)31-26(32-25)30-18-11-12-20(21(14-18)35-3)34-15-22(27)29-16-34/h4-12,14-16H,13H2,1-3H3,(H,30,31,32). The molecule has 1 aliphatic rings. The fraction of sp³-hybridized carbons (Fsp3) is 0.154. The molecule has 0 aliphatic carbocycles. The molecular formula is C26H24ClN7O. The SMILES string of the molecule is COc1cc(Nc2nc3c(c(N(C)C)n2)C=CCN=C3c2ccccc2)ccc1-n1cnc(Cl)c1. The lowest BCUT2D eigenvalue weighted by molar-refractivity contribution is 0.413. The molecule has 0 bridgehead atoms. The van der Waals surface area contributed by atoms with Crippen molar-refractivity contribution in [2.45, 2.75) is 0 Å². The molecule has 0 fully saturated rings. The van der Waals surface area contributed by atoms with Gasteiger partial charge in [-0.3, -0.25) is 4.99 Å². The fourth-order valence-corrected chi connectivity index (χ4v) is 4.08. The third-order valence-corrected chi connectivity index (χ3v) is 5.72. The van der Waals surface area contributed by atoms with Crippen LogP contribution < -0.4 is 15.0 Å². The van der Waals surface area contributed by atoms with Gasteiger partial charge in [0.25, 0.3) is 0 Å². The van der Waals surface area contributed by atoms with Crippen molar-refractivity contribution in [1.29, 1.82) is 0 Å². The second-order valence-electron chi connectivity index (χ2n) is 8.10. The number of aromatic nitrogens is 4. The molecular weight excluding hydrogens is 462 g/mol. The molecule has 0 radical (unpaired) electrons. The van der Waals surface area contributed by atoms with Gasteiger partial charge < -0.3 is 19.5 Å². The van der Waals surface area contributed by atoms with Crippen LogP contribution in [-0.2, 0) is 0 Å². The number of aliphatic imine (C=N–C) groups is 1. The highest BCUT2D eigenvalue weighted by Crippen LogP contribution is 2.31. The predicted molar refractivity (Wildman–Crippen MR) is 141 cm³/mol. The van der Waals surface area contributed by atoms with Gasteiger partial charge in [0.15, 0.2) is 0 Å². The number of hydrogen-bond donors (Lipinski definition) is 1. The summed E-state index contributed by atoms with van der Waals surface area (Å²) in [5.41, 5.74) is 5.16. The summed E-state index contributed by atoms with van der Waals surface area (Å²) in [6, 6.07) is 15.8. The van der Waals surface area contributed by atoms with Gasteiger partial charge in [-0.1, -0.05) is 54.1 Å². The minimum Gasteiger partial charge on any atom is -0.494 e. The molecule has 1 aliphatic heterocycles. The monoisotopic (exact) mass is 485 g/mol. The molecule has 2 aromatic heterocycles. The lowest BCUT2D eigenvalue weighted by Crippen LogP contribution is -2.18. The van der Waals surface area contributed by atoms with E-state index in [9.17, 15) is 0 Å². The maximum absolute atomic E-state index is 5.99. The Labute approximate surface area is 208 Å². The molecule has 0 saturated carbocycles. The van der Waals surface area contributed by atoms with Gasteiger partial charge in [-0.25, -0.2) is 9.97 Å². The van der Waals surface area contributed by atoms with E-state index >= 15 is 0 Å². The Bertz CT molecular complexity index is 1430. The Kier molecular flexibility index (Phi) is 6.20. The highest BCUT2D eigenvalue weighted by Gasteiger charge is 2.21. The molecule has 0 amide bonds. The zero-order valence-electron chi connectivity index (χ0n) is 19.6. The summed E-state index contributed by atoms with van der Waals surface area (Å²) in [5.74, 6) is 1.92. The summed E-state index contributed by atoms with van der Waals surface area (Å²) in [6.07, 6.45) is 7.44. The van der Waals surface area contributed by atoms with Gasteiger partial charge in [-0.05, 0) is 12.1 Å². The van der Waals surface area contributed by atoms with E-state index < -0.39 is 0 Å². The van der Waals surface area contributed by atoms with Gasteiger partial charge in [-0.2, -0.15) is 4.98 Å². The maximum Gasteiger partial charge on any atom is 0.229 e. The quantitative estimate of drug-likeness (QED) is 0.414. The summed E-state index contributed by atoms with van der Waals surface area (Å²) in [6.45, 7) is 0.577. The molecule has 176 valence electrons. The van der Waals surface area contributed by atoms with Crippen molar-refractivity contribution in [3.8, 4) is 11.4 Å². The highest BCUT2D eigenvalue weighted by atomic mass is 35.5. The van der Waals surface area contributed by atoms with Crippen molar-refractivity contribution in [1.82, 2.24) is 19.5 Å². The van der Waals surface area contributed by atoms with Crippen LogP contribution >= 0.6 is 11.6 Å². The smallest absolute Gasteiger partial charge is 0.229 e. The van der Waals surface area contributed by atoms with Crippen LogP contribution in [0.3, 0.4) is 0 Å². The molecule has 1 N–H and O–H groups in total. The van der Waals surface area contributed by atoms with Gasteiger partial charge >= 0.3 is 0 Å². The van der Waals surface area contributed by atoms with E-state index in [1.165, 1.54) is 0 Å². The molecule has 0 saturated heterocycles. The summed E-state index contributed by atoms with van der Waals surface area (Å²) in [5, 5.41) is 3.75. The molecule has 3 heterocycles. The molecule has 5 rings (SSSR count). The second kappa shape index (κ2) is 9.60. The first-order chi connectivity index (χ1) is 17.0. The molecule has 0 atom stereocenters. The van der Waals surface area contributed by atoms with Crippen LogP contribution in [0.2, 0.25) is 5.15 Å². The third kappa shape index (κ3) is 4.61. The number of anilines is 3. The predicted octanol–water partition coefficient (Wildman–Crippen LogP) is 5.00. The third-order valence-electron chi connectivity index (χ3n) is 5.53. The Hall–Kier alpha value is -4.17. The van der Waals surface area contributed by atoms with Crippen LogP contribution in [0.4, 0.5) is 17.5 Å². The van der Waals surface area contributed by atoms with Crippen molar-refractivity contribution >= 4 is 40.8 Å². The minimum absolute atomic E-state index is 0.411. The van der Waals surface area contributed by atoms with E-state index in [1.807, 2.05) is 84.2 Å². The summed E-state index contributed by atoms with van der Waals surface area (Å²) < 4.78 is 7.43. The number of ether oxygens (including phenoxy) is 1. The second-order valence-corrected chi connectivity index (χ2v) is 8.49. The lowest BCUT2D eigenvalue weighted by atomic mass is 10.0. The average molecular weight is 486 g/mol. The lowest BCUT2D eigenvalue weighted by Gasteiger charge is -2.19. The van der Waals surface area contributed by atoms with Crippen molar-refractivity contribution in [2.24, 2.45) is 4.99 Å². The number of nitrogens with one attached hydrogen (secondary N) is 1. The summed E-state index contributed by atoms with van der Waals surface area (Å²) >= 11 is 5.99. The molecule has 35 heavy (non-hydrogen) atoms. The fourth-order valence-electron chi connectivity index (χ4n) is 3.93. The first-order valence-corrected chi connectivity index (χ1v) is 11.4. The Morgan fingerprint density at radius 1 is 1.09 bits per heavy atom. The molecule has 9 heteroatoms. The number of nitrogens with zero attached hydrogens (tertiary/aromatic N) is 6. The number of fused-ring (bicyclic) bond motifs is 1. The van der Waals surface area contributed by atoms with Gasteiger partial charge in [-0.15, -0.1) is 0 Å². The number of halogens is 1.